The predicted molar refractivity (Wildman–Crippen MR) is 102 cm³/mol. The van der Waals surface area contributed by atoms with Crippen LogP contribution in [0, 0.1) is 0 Å². The van der Waals surface area contributed by atoms with Gasteiger partial charge in [0, 0.05) is 19.3 Å². The zero-order valence-electron chi connectivity index (χ0n) is 17.5. The summed E-state index contributed by atoms with van der Waals surface area (Å²) in [6.07, 6.45) is -4.39. The number of esters is 1. The summed E-state index contributed by atoms with van der Waals surface area (Å²) in [6.45, 7) is 9.58. The highest BCUT2D eigenvalue weighted by Crippen LogP contribution is 2.30. The summed E-state index contributed by atoms with van der Waals surface area (Å²) in [5, 5.41) is 0. The molecule has 29 heavy (non-hydrogen) atoms. The molecule has 1 aliphatic rings. The maximum atomic E-state index is 12.7. The highest BCUT2D eigenvalue weighted by atomic mass is 19.4. The lowest BCUT2D eigenvalue weighted by atomic mass is 10.1. The van der Waals surface area contributed by atoms with Gasteiger partial charge in [0.15, 0.2) is 6.04 Å². The lowest BCUT2D eigenvalue weighted by molar-refractivity contribution is -0.147. The Bertz CT molecular complexity index is 687. The molecule has 1 amide bonds. The fraction of sp³-hybridized carbons (Fsp3) is 0.632. The summed E-state index contributed by atoms with van der Waals surface area (Å²) in [5.74, 6) is -0.363. The highest BCUT2D eigenvalue weighted by Gasteiger charge is 2.39. The van der Waals surface area contributed by atoms with Gasteiger partial charge in [-0.1, -0.05) is 13.8 Å². The van der Waals surface area contributed by atoms with Crippen LogP contribution in [0.4, 0.5) is 23.8 Å². The third-order valence-electron chi connectivity index (χ3n) is 3.88. The molecule has 1 aliphatic heterocycles. The number of nitrogens with zero attached hydrogens (tertiary/aromatic N) is 3. The van der Waals surface area contributed by atoms with E-state index < -0.39 is 35.4 Å². The average molecular weight is 419 g/mol. The zero-order chi connectivity index (χ0) is 22.4. The molecule has 1 aromatic rings. The van der Waals surface area contributed by atoms with Gasteiger partial charge < -0.3 is 14.4 Å². The number of piperazine rings is 1. The van der Waals surface area contributed by atoms with Crippen LogP contribution in [0.2, 0.25) is 0 Å². The number of pyridine rings is 1. The maximum absolute atomic E-state index is 12.7. The number of hydrogen-bond acceptors (Lipinski definition) is 6. The Morgan fingerprint density at radius 2 is 1.76 bits per heavy atom. The summed E-state index contributed by atoms with van der Waals surface area (Å²) >= 11 is 0. The van der Waals surface area contributed by atoms with Gasteiger partial charge in [0.2, 0.25) is 0 Å². The fourth-order valence-corrected chi connectivity index (χ4v) is 2.61. The Hall–Kier alpha value is -2.52. The highest BCUT2D eigenvalue weighted by molar-refractivity contribution is 5.82. The van der Waals surface area contributed by atoms with Crippen molar-refractivity contribution in [3.63, 3.8) is 0 Å². The van der Waals surface area contributed by atoms with E-state index in [0.717, 1.165) is 12.3 Å². The van der Waals surface area contributed by atoms with E-state index in [9.17, 15) is 22.8 Å². The third kappa shape index (κ3) is 6.79. The lowest BCUT2D eigenvalue weighted by Gasteiger charge is -2.40. The van der Waals surface area contributed by atoms with Crippen molar-refractivity contribution in [1.29, 1.82) is 0 Å². The molecule has 0 saturated carbocycles. The molecule has 10 heteroatoms. The summed E-state index contributed by atoms with van der Waals surface area (Å²) in [7, 11) is 1.20. The number of halogens is 3. The van der Waals surface area contributed by atoms with Gasteiger partial charge in [0.05, 0.1) is 19.2 Å². The second-order valence-electron chi connectivity index (χ2n) is 7.06. The molecule has 1 unspecified atom stereocenters. The van der Waals surface area contributed by atoms with Crippen molar-refractivity contribution < 1.29 is 32.2 Å². The monoisotopic (exact) mass is 419 g/mol. The van der Waals surface area contributed by atoms with Crippen molar-refractivity contribution >= 4 is 17.9 Å². The van der Waals surface area contributed by atoms with Crippen LogP contribution in [0.25, 0.3) is 0 Å². The number of anilines is 1. The van der Waals surface area contributed by atoms with Crippen molar-refractivity contribution in [2.45, 2.75) is 52.4 Å². The van der Waals surface area contributed by atoms with Crippen LogP contribution in [0.1, 0.15) is 40.2 Å². The molecule has 0 radical (unpaired) electrons. The molecule has 0 N–H and O–H groups in total. The van der Waals surface area contributed by atoms with E-state index in [0.29, 0.717) is 0 Å². The minimum Gasteiger partial charge on any atom is -0.467 e. The first-order chi connectivity index (χ1) is 13.4. The molecule has 0 aliphatic carbocycles. The molecule has 7 nitrogen and oxygen atoms in total. The summed E-state index contributed by atoms with van der Waals surface area (Å²) in [6, 6.07) is 1.21. The first-order valence-electron chi connectivity index (χ1n) is 9.28. The van der Waals surface area contributed by atoms with E-state index in [1.54, 1.807) is 25.7 Å². The number of methoxy groups -OCH3 is 1. The number of carbonyl (C=O) groups excluding carboxylic acids is 2. The standard InChI is InChI=1S/C17H22F3N3O4.C2H6/c1-16(2,3)27-15(25)23-8-7-22(10-12(23)14(24)26-4)13-6-5-11(9-21-13)17(18,19)20;1-2/h5-6,9,12H,7-8,10H2,1-4H3;1-2H3. The number of amides is 1. The Balaban J connectivity index is 0.00000204. The molecule has 1 atom stereocenters. The lowest BCUT2D eigenvalue weighted by Crippen LogP contribution is -2.59. The molecule has 1 saturated heterocycles. The number of aromatic nitrogens is 1. The van der Waals surface area contributed by atoms with Crippen LogP contribution in [-0.4, -0.2) is 60.3 Å². The van der Waals surface area contributed by atoms with Gasteiger partial charge in [-0.2, -0.15) is 13.2 Å². The van der Waals surface area contributed by atoms with E-state index >= 15 is 0 Å². The Morgan fingerprint density at radius 3 is 2.21 bits per heavy atom. The SMILES string of the molecule is CC.COC(=O)C1CN(c2ccc(C(F)(F)F)cn2)CCN1C(=O)OC(C)(C)C. The van der Waals surface area contributed by atoms with Crippen LogP contribution in [-0.2, 0) is 20.4 Å². The van der Waals surface area contributed by atoms with Crippen molar-refractivity contribution in [2.75, 3.05) is 31.6 Å². The normalized spacial score (nSPS) is 17.2. The number of ether oxygens (including phenoxy) is 2. The fourth-order valence-electron chi connectivity index (χ4n) is 2.61. The smallest absolute Gasteiger partial charge is 0.417 e. The van der Waals surface area contributed by atoms with Crippen LogP contribution in [0.15, 0.2) is 18.3 Å². The van der Waals surface area contributed by atoms with E-state index in [4.69, 9.17) is 9.47 Å². The summed E-state index contributed by atoms with van der Waals surface area (Å²) in [4.78, 5) is 31.2. The Labute approximate surface area is 168 Å². The van der Waals surface area contributed by atoms with E-state index in [2.05, 4.69) is 4.98 Å². The maximum Gasteiger partial charge on any atom is 0.417 e. The molecular weight excluding hydrogens is 391 g/mol. The molecule has 2 heterocycles. The second kappa shape index (κ2) is 9.80. The number of alkyl halides is 3. The zero-order valence-corrected chi connectivity index (χ0v) is 17.5. The number of hydrogen-bond donors (Lipinski definition) is 0. The molecule has 0 aromatic carbocycles. The first-order valence-corrected chi connectivity index (χ1v) is 9.28. The van der Waals surface area contributed by atoms with Crippen molar-refractivity contribution in [2.24, 2.45) is 0 Å². The van der Waals surface area contributed by atoms with Crippen molar-refractivity contribution in [3.8, 4) is 0 Å². The van der Waals surface area contributed by atoms with Gasteiger partial charge in [-0.05, 0) is 32.9 Å². The molecule has 2 rings (SSSR count). The Morgan fingerprint density at radius 1 is 1.14 bits per heavy atom. The summed E-state index contributed by atoms with van der Waals surface area (Å²) in [5.41, 5.74) is -1.59. The molecular formula is C19H28F3N3O4. The van der Waals surface area contributed by atoms with Gasteiger partial charge in [-0.3, -0.25) is 4.90 Å². The van der Waals surface area contributed by atoms with Crippen LogP contribution >= 0.6 is 0 Å². The van der Waals surface area contributed by atoms with Crippen LogP contribution in [0.3, 0.4) is 0 Å². The van der Waals surface area contributed by atoms with Crippen molar-refractivity contribution in [3.05, 3.63) is 23.9 Å². The molecule has 1 fully saturated rings. The Kier molecular flexibility index (Phi) is 8.28. The van der Waals surface area contributed by atoms with Gasteiger partial charge in [-0.15, -0.1) is 0 Å². The summed E-state index contributed by atoms with van der Waals surface area (Å²) < 4.78 is 48.1. The van der Waals surface area contributed by atoms with Crippen molar-refractivity contribution in [1.82, 2.24) is 9.88 Å². The van der Waals surface area contributed by atoms with Crippen LogP contribution < -0.4 is 4.90 Å². The topological polar surface area (TPSA) is 72.0 Å². The van der Waals surface area contributed by atoms with Gasteiger partial charge in [-0.25, -0.2) is 14.6 Å². The first kappa shape index (κ1) is 24.5. The largest absolute Gasteiger partial charge is 0.467 e. The quantitative estimate of drug-likeness (QED) is 0.681. The molecule has 0 bridgehead atoms. The second-order valence-corrected chi connectivity index (χ2v) is 7.06. The number of carbonyl (C=O) groups is 2. The van der Waals surface area contributed by atoms with E-state index in [1.807, 2.05) is 13.8 Å². The van der Waals surface area contributed by atoms with E-state index in [1.165, 1.54) is 18.1 Å². The molecule has 1 aromatic heterocycles. The minimum absolute atomic E-state index is 0.0320. The van der Waals surface area contributed by atoms with Crippen LogP contribution in [0.5, 0.6) is 0 Å². The van der Waals surface area contributed by atoms with Gasteiger partial charge in [0.1, 0.15) is 11.4 Å². The third-order valence-corrected chi connectivity index (χ3v) is 3.88. The minimum atomic E-state index is -4.48. The van der Waals surface area contributed by atoms with Gasteiger partial charge in [0.25, 0.3) is 0 Å². The predicted octanol–water partition coefficient (Wildman–Crippen LogP) is 3.73. The molecule has 164 valence electrons. The van der Waals surface area contributed by atoms with E-state index in [-0.39, 0.29) is 25.5 Å². The number of rotatable bonds is 2. The molecule has 0 spiro atoms. The average Bonchev–Trinajstić information content (AvgIpc) is 2.66. The van der Waals surface area contributed by atoms with Gasteiger partial charge >= 0.3 is 18.2 Å².